The number of phosphoric ester groups is 1. The number of esters is 2. The minimum Gasteiger partial charge on any atom is -0.462 e. The van der Waals surface area contributed by atoms with Gasteiger partial charge in [-0.2, -0.15) is 0 Å². The van der Waals surface area contributed by atoms with Crippen LogP contribution in [0.4, 0.5) is 0 Å². The quantitative estimate of drug-likeness (QED) is 0.0222. The van der Waals surface area contributed by atoms with E-state index in [1.807, 2.05) is 33.3 Å². The summed E-state index contributed by atoms with van der Waals surface area (Å²) < 4.78 is 34.1. The number of ether oxygens (including phenoxy) is 2. The molecule has 0 aliphatic carbocycles. The molecule has 0 aromatic carbocycles. The van der Waals surface area contributed by atoms with Crippen molar-refractivity contribution in [1.29, 1.82) is 0 Å². The Morgan fingerprint density at radius 2 is 1.00 bits per heavy atom. The molecule has 0 saturated heterocycles. The highest BCUT2D eigenvalue weighted by Gasteiger charge is 2.27. The number of carbonyl (C=O) groups is 2. The predicted octanol–water partition coefficient (Wildman–Crippen LogP) is 11.6. The normalized spacial score (nSPS) is 14.8. The van der Waals surface area contributed by atoms with E-state index in [-0.39, 0.29) is 26.1 Å². The van der Waals surface area contributed by atoms with Crippen LogP contribution in [-0.2, 0) is 32.7 Å². The Kier molecular flexibility index (Phi) is 35.0. The Bertz CT molecular complexity index is 1320. The number of nitrogens with zero attached hydrogens (tertiary/aromatic N) is 1. The number of phosphoric acid groups is 1. The topological polar surface area (TPSA) is 108 Å². The Hall–Kier alpha value is -3.33. The van der Waals surface area contributed by atoms with Crippen LogP contribution in [0.15, 0.2) is 109 Å². The lowest BCUT2D eigenvalue weighted by molar-refractivity contribution is -0.870. The van der Waals surface area contributed by atoms with Gasteiger partial charge in [0.2, 0.25) is 0 Å². The molecular formula is C46H75NO8P+. The summed E-state index contributed by atoms with van der Waals surface area (Å²) in [6, 6.07) is 0. The van der Waals surface area contributed by atoms with E-state index >= 15 is 0 Å². The van der Waals surface area contributed by atoms with Crippen molar-refractivity contribution >= 4 is 19.8 Å². The monoisotopic (exact) mass is 801 g/mol. The lowest BCUT2D eigenvalue weighted by Gasteiger charge is -2.24. The SMILES string of the molecule is CC/C=C\C/C=C\C/C=C\C/C=C\C/C=C\CCCCCC(=O)OC(COC(=O)CC/C=C\C/C=C\C/C=C\C/C=C\CC)COP(=O)(O)OCC[N+](C)(C)C. The maximum Gasteiger partial charge on any atom is 0.472 e. The average molecular weight is 801 g/mol. The van der Waals surface area contributed by atoms with Gasteiger partial charge in [-0.3, -0.25) is 18.6 Å². The number of quaternary nitrogens is 1. The second-order valence-electron chi connectivity index (χ2n) is 14.3. The van der Waals surface area contributed by atoms with Gasteiger partial charge in [-0.25, -0.2) is 4.57 Å². The fraction of sp³-hybridized carbons (Fsp3) is 0.565. The first-order chi connectivity index (χ1) is 27.0. The molecule has 0 fully saturated rings. The molecule has 1 N–H and O–H groups in total. The highest BCUT2D eigenvalue weighted by Crippen LogP contribution is 2.43. The molecule has 0 amide bonds. The highest BCUT2D eigenvalue weighted by molar-refractivity contribution is 7.47. The van der Waals surface area contributed by atoms with E-state index in [0.717, 1.165) is 77.0 Å². The van der Waals surface area contributed by atoms with Gasteiger partial charge in [-0.15, -0.1) is 0 Å². The van der Waals surface area contributed by atoms with Crippen molar-refractivity contribution in [3.63, 3.8) is 0 Å². The zero-order valence-corrected chi connectivity index (χ0v) is 36.2. The molecule has 0 radical (unpaired) electrons. The van der Waals surface area contributed by atoms with E-state index in [2.05, 4.69) is 111 Å². The van der Waals surface area contributed by atoms with Crippen LogP contribution >= 0.6 is 7.82 Å². The van der Waals surface area contributed by atoms with Gasteiger partial charge >= 0.3 is 19.8 Å². The first-order valence-electron chi connectivity index (χ1n) is 20.6. The van der Waals surface area contributed by atoms with Crippen LogP contribution in [0.25, 0.3) is 0 Å². The van der Waals surface area contributed by atoms with Crippen LogP contribution in [-0.4, -0.2) is 74.9 Å². The predicted molar refractivity (Wildman–Crippen MR) is 233 cm³/mol. The van der Waals surface area contributed by atoms with Crippen molar-refractivity contribution < 1.29 is 42.1 Å². The fourth-order valence-electron chi connectivity index (χ4n) is 4.64. The van der Waals surface area contributed by atoms with Gasteiger partial charge in [0.15, 0.2) is 6.10 Å². The van der Waals surface area contributed by atoms with Gasteiger partial charge in [0, 0.05) is 12.8 Å². The van der Waals surface area contributed by atoms with Gasteiger partial charge in [0.25, 0.3) is 0 Å². The molecule has 0 aliphatic rings. The lowest BCUT2D eigenvalue weighted by Crippen LogP contribution is -2.37. The van der Waals surface area contributed by atoms with E-state index in [1.54, 1.807) is 0 Å². The Morgan fingerprint density at radius 1 is 0.554 bits per heavy atom. The zero-order valence-electron chi connectivity index (χ0n) is 35.3. The molecule has 0 aromatic rings. The van der Waals surface area contributed by atoms with Gasteiger partial charge in [0.05, 0.1) is 27.7 Å². The molecular weight excluding hydrogens is 725 g/mol. The molecule has 316 valence electrons. The summed E-state index contributed by atoms with van der Waals surface area (Å²) in [6.45, 7) is 4.02. The smallest absolute Gasteiger partial charge is 0.462 e. The number of carbonyl (C=O) groups excluding carboxylic acids is 2. The molecule has 0 rings (SSSR count). The number of rotatable bonds is 35. The standard InChI is InChI=1S/C46H74NO8P/c1-6-8-10-12-14-16-18-20-21-22-23-24-25-27-29-31-33-35-37-39-46(49)55-44(43-54-56(50,51)53-41-40-47(3,4)5)42-52-45(48)38-36-34-32-30-28-26-19-17-15-13-11-9-7-2/h8-11,14-17,20-21,23-24,26-29,32,34,44H,6-7,12-13,18-19,22,25,30-31,33,35-43H2,1-5H3/p+1/b10-8-,11-9-,16-14-,17-15-,21-20-,24-23-,28-26-,29-27-,34-32-. The largest absolute Gasteiger partial charge is 0.472 e. The highest BCUT2D eigenvalue weighted by atomic mass is 31.2. The molecule has 0 spiro atoms. The first kappa shape index (κ1) is 52.7. The molecule has 0 aromatic heterocycles. The summed E-state index contributed by atoms with van der Waals surface area (Å²) in [5.74, 6) is -0.946. The molecule has 2 unspecified atom stereocenters. The van der Waals surface area contributed by atoms with Crippen LogP contribution in [0, 0.1) is 0 Å². The second kappa shape index (κ2) is 37.3. The summed E-state index contributed by atoms with van der Waals surface area (Å²) >= 11 is 0. The van der Waals surface area contributed by atoms with Crippen molar-refractivity contribution in [3.8, 4) is 0 Å². The molecule has 0 heterocycles. The molecule has 10 heteroatoms. The maximum atomic E-state index is 12.7. The number of hydrogen-bond acceptors (Lipinski definition) is 7. The molecule has 0 saturated carbocycles. The minimum atomic E-state index is -4.41. The summed E-state index contributed by atoms with van der Waals surface area (Å²) in [5, 5.41) is 0. The summed E-state index contributed by atoms with van der Waals surface area (Å²) in [6.07, 6.45) is 50.2. The van der Waals surface area contributed by atoms with Crippen LogP contribution in [0.2, 0.25) is 0 Å². The number of unbranched alkanes of at least 4 members (excludes halogenated alkanes) is 3. The van der Waals surface area contributed by atoms with Gasteiger partial charge in [-0.1, -0.05) is 130 Å². The van der Waals surface area contributed by atoms with E-state index in [0.29, 0.717) is 23.9 Å². The van der Waals surface area contributed by atoms with Crippen molar-refractivity contribution in [2.45, 2.75) is 123 Å². The van der Waals surface area contributed by atoms with Gasteiger partial charge < -0.3 is 18.9 Å². The van der Waals surface area contributed by atoms with Crippen LogP contribution in [0.5, 0.6) is 0 Å². The van der Waals surface area contributed by atoms with Crippen LogP contribution in [0.1, 0.15) is 117 Å². The third kappa shape index (κ3) is 40.3. The molecule has 2 atom stereocenters. The third-order valence-electron chi connectivity index (χ3n) is 7.81. The molecule has 0 aliphatic heterocycles. The van der Waals surface area contributed by atoms with Crippen molar-refractivity contribution in [2.75, 3.05) is 47.5 Å². The first-order valence-corrected chi connectivity index (χ1v) is 22.1. The van der Waals surface area contributed by atoms with Gasteiger partial charge in [-0.05, 0) is 83.5 Å². The number of likely N-dealkylation sites (N-methyl/N-ethyl adjacent to an activating group) is 1. The number of allylic oxidation sites excluding steroid dienone is 18. The van der Waals surface area contributed by atoms with E-state index in [9.17, 15) is 19.0 Å². The molecule has 9 nitrogen and oxygen atoms in total. The number of hydrogen-bond donors (Lipinski definition) is 1. The Balaban J connectivity index is 4.58. The van der Waals surface area contributed by atoms with Crippen molar-refractivity contribution in [2.24, 2.45) is 0 Å². The minimum absolute atomic E-state index is 0.00758. The summed E-state index contributed by atoms with van der Waals surface area (Å²) in [7, 11) is 1.39. The molecule has 0 bridgehead atoms. The van der Waals surface area contributed by atoms with E-state index in [1.165, 1.54) is 0 Å². The van der Waals surface area contributed by atoms with Crippen molar-refractivity contribution in [1.82, 2.24) is 0 Å². The maximum absolute atomic E-state index is 12.7. The van der Waals surface area contributed by atoms with E-state index in [4.69, 9.17) is 18.5 Å². The van der Waals surface area contributed by atoms with Crippen LogP contribution < -0.4 is 0 Å². The molecule has 56 heavy (non-hydrogen) atoms. The summed E-state index contributed by atoms with van der Waals surface area (Å²) in [4.78, 5) is 35.2. The Labute approximate surface area is 340 Å². The van der Waals surface area contributed by atoms with Gasteiger partial charge in [0.1, 0.15) is 19.8 Å². The fourth-order valence-corrected chi connectivity index (χ4v) is 5.38. The lowest BCUT2D eigenvalue weighted by atomic mass is 10.1. The second-order valence-corrected chi connectivity index (χ2v) is 15.7. The third-order valence-corrected chi connectivity index (χ3v) is 8.80. The Morgan fingerprint density at radius 3 is 1.46 bits per heavy atom. The average Bonchev–Trinajstić information content (AvgIpc) is 3.15. The van der Waals surface area contributed by atoms with E-state index < -0.39 is 32.5 Å². The van der Waals surface area contributed by atoms with Crippen molar-refractivity contribution in [3.05, 3.63) is 109 Å². The van der Waals surface area contributed by atoms with Crippen LogP contribution in [0.3, 0.4) is 0 Å². The zero-order chi connectivity index (χ0) is 41.4. The summed E-state index contributed by atoms with van der Waals surface area (Å²) in [5.41, 5.74) is 0.